The highest BCUT2D eigenvalue weighted by molar-refractivity contribution is 7.89. The third-order valence-corrected chi connectivity index (χ3v) is 4.54. The first kappa shape index (κ1) is 11.8. The van der Waals surface area contributed by atoms with Crippen molar-refractivity contribution in [1.29, 1.82) is 0 Å². The number of nitrogens with zero attached hydrogens (tertiary/aromatic N) is 1. The van der Waals surface area contributed by atoms with Crippen molar-refractivity contribution in [3.05, 3.63) is 23.5 Å². The van der Waals surface area contributed by atoms with Gasteiger partial charge in [0.15, 0.2) is 0 Å². The fourth-order valence-corrected chi connectivity index (χ4v) is 3.26. The molecule has 0 aromatic carbocycles. The maximum absolute atomic E-state index is 11.9. The van der Waals surface area contributed by atoms with Crippen molar-refractivity contribution in [3.8, 4) is 0 Å². The van der Waals surface area contributed by atoms with Crippen molar-refractivity contribution in [2.45, 2.75) is 23.3 Å². The molecule has 16 heavy (non-hydrogen) atoms. The molecule has 2 N–H and O–H groups in total. The molecule has 1 aromatic rings. The average molecular weight is 263 g/mol. The topological polar surface area (TPSA) is 79.3 Å². The molecule has 0 saturated heterocycles. The number of aromatic nitrogens is 1. The number of aliphatic hydroxyl groups excluding tert-OH is 1. The van der Waals surface area contributed by atoms with E-state index < -0.39 is 15.6 Å². The van der Waals surface area contributed by atoms with Gasteiger partial charge in [0, 0.05) is 6.20 Å². The Bertz CT molecular complexity index is 499. The molecule has 7 heteroatoms. The van der Waals surface area contributed by atoms with Crippen molar-refractivity contribution in [2.24, 2.45) is 0 Å². The summed E-state index contributed by atoms with van der Waals surface area (Å²) in [4.78, 5) is 3.65. The number of hydrogen-bond donors (Lipinski definition) is 2. The molecule has 1 fully saturated rings. The van der Waals surface area contributed by atoms with Gasteiger partial charge in [0.25, 0.3) is 0 Å². The molecule has 0 atom stereocenters. The summed E-state index contributed by atoms with van der Waals surface area (Å²) in [6.45, 7) is -0.204. The van der Waals surface area contributed by atoms with Gasteiger partial charge in [-0.05, 0) is 25.0 Å². The SMILES string of the molecule is O=S(=O)(NC1(CO)CC1)c1cccnc1Cl. The number of rotatable bonds is 4. The largest absolute Gasteiger partial charge is 0.394 e. The van der Waals surface area contributed by atoms with Crippen LogP contribution in [0.5, 0.6) is 0 Å². The third kappa shape index (κ3) is 2.20. The Morgan fingerprint density at radius 2 is 2.25 bits per heavy atom. The van der Waals surface area contributed by atoms with Crippen molar-refractivity contribution in [1.82, 2.24) is 9.71 Å². The van der Waals surface area contributed by atoms with E-state index in [1.54, 1.807) is 0 Å². The molecular weight excluding hydrogens is 252 g/mol. The number of hydrogen-bond acceptors (Lipinski definition) is 4. The molecule has 0 spiro atoms. The van der Waals surface area contributed by atoms with Crippen molar-refractivity contribution < 1.29 is 13.5 Å². The van der Waals surface area contributed by atoms with E-state index in [1.807, 2.05) is 0 Å². The van der Waals surface area contributed by atoms with Gasteiger partial charge >= 0.3 is 0 Å². The zero-order valence-electron chi connectivity index (χ0n) is 8.35. The van der Waals surface area contributed by atoms with E-state index in [4.69, 9.17) is 16.7 Å². The highest BCUT2D eigenvalue weighted by Crippen LogP contribution is 2.36. The Hall–Kier alpha value is -0.690. The molecule has 1 saturated carbocycles. The van der Waals surface area contributed by atoms with E-state index in [0.29, 0.717) is 12.8 Å². The number of sulfonamides is 1. The maximum Gasteiger partial charge on any atom is 0.244 e. The van der Waals surface area contributed by atoms with Gasteiger partial charge in [0.1, 0.15) is 10.0 Å². The Morgan fingerprint density at radius 3 is 2.75 bits per heavy atom. The molecular formula is C9H11ClN2O3S. The number of aliphatic hydroxyl groups is 1. The molecule has 1 aliphatic rings. The molecule has 0 radical (unpaired) electrons. The lowest BCUT2D eigenvalue weighted by Crippen LogP contribution is -2.39. The molecule has 0 aliphatic heterocycles. The van der Waals surface area contributed by atoms with Gasteiger partial charge in [0.2, 0.25) is 10.0 Å². The lowest BCUT2D eigenvalue weighted by Gasteiger charge is -2.14. The summed E-state index contributed by atoms with van der Waals surface area (Å²) in [5, 5.41) is 8.99. The van der Waals surface area contributed by atoms with E-state index >= 15 is 0 Å². The second-order valence-corrected chi connectivity index (χ2v) is 5.85. The molecule has 1 aliphatic carbocycles. The summed E-state index contributed by atoms with van der Waals surface area (Å²) in [6.07, 6.45) is 2.70. The summed E-state index contributed by atoms with van der Waals surface area (Å²) in [5.41, 5.74) is -0.696. The lowest BCUT2D eigenvalue weighted by atomic mass is 10.3. The second kappa shape index (κ2) is 3.96. The van der Waals surface area contributed by atoms with Crippen LogP contribution in [0.4, 0.5) is 0 Å². The Morgan fingerprint density at radius 1 is 1.56 bits per heavy atom. The molecule has 0 unspecified atom stereocenters. The average Bonchev–Trinajstić information content (AvgIpc) is 2.98. The van der Waals surface area contributed by atoms with Crippen LogP contribution in [0.25, 0.3) is 0 Å². The standard InChI is InChI=1S/C9H11ClN2O3S/c10-8-7(2-1-5-11-8)16(14,15)12-9(6-13)3-4-9/h1-2,5,12-13H,3-4,6H2. The molecule has 5 nitrogen and oxygen atoms in total. The molecule has 0 amide bonds. The number of pyridine rings is 1. The molecule has 0 bridgehead atoms. The Kier molecular flexibility index (Phi) is 2.91. The molecule has 2 rings (SSSR count). The van der Waals surface area contributed by atoms with Crippen LogP contribution in [0.1, 0.15) is 12.8 Å². The van der Waals surface area contributed by atoms with Crippen molar-refractivity contribution in [3.63, 3.8) is 0 Å². The summed E-state index contributed by atoms with van der Waals surface area (Å²) in [5.74, 6) is 0. The molecule has 1 heterocycles. The summed E-state index contributed by atoms with van der Waals surface area (Å²) in [6, 6.07) is 2.88. The first-order valence-electron chi connectivity index (χ1n) is 4.74. The van der Waals surface area contributed by atoms with Crippen LogP contribution in [-0.4, -0.2) is 30.7 Å². The van der Waals surface area contributed by atoms with Crippen LogP contribution in [0, 0.1) is 0 Å². The first-order chi connectivity index (χ1) is 7.49. The van der Waals surface area contributed by atoms with Crippen molar-refractivity contribution >= 4 is 21.6 Å². The van der Waals surface area contributed by atoms with Crippen LogP contribution < -0.4 is 4.72 Å². The molecule has 88 valence electrons. The first-order valence-corrected chi connectivity index (χ1v) is 6.61. The van der Waals surface area contributed by atoms with Crippen LogP contribution in [-0.2, 0) is 10.0 Å². The van der Waals surface area contributed by atoms with Gasteiger partial charge in [-0.15, -0.1) is 0 Å². The normalized spacial score (nSPS) is 18.4. The van der Waals surface area contributed by atoms with Gasteiger partial charge in [-0.1, -0.05) is 11.6 Å². The second-order valence-electron chi connectivity index (χ2n) is 3.84. The van der Waals surface area contributed by atoms with E-state index in [2.05, 4.69) is 9.71 Å². The summed E-state index contributed by atoms with van der Waals surface area (Å²) in [7, 11) is -3.70. The fourth-order valence-electron chi connectivity index (χ4n) is 1.36. The highest BCUT2D eigenvalue weighted by Gasteiger charge is 2.45. The summed E-state index contributed by atoms with van der Waals surface area (Å²) < 4.78 is 26.3. The van der Waals surface area contributed by atoms with Crippen LogP contribution in [0.2, 0.25) is 5.15 Å². The van der Waals surface area contributed by atoms with E-state index in [-0.39, 0.29) is 16.7 Å². The van der Waals surface area contributed by atoms with E-state index in [1.165, 1.54) is 18.3 Å². The van der Waals surface area contributed by atoms with Crippen molar-refractivity contribution in [2.75, 3.05) is 6.61 Å². The quantitative estimate of drug-likeness (QED) is 0.776. The van der Waals surface area contributed by atoms with Crippen LogP contribution in [0.15, 0.2) is 23.2 Å². The number of halogens is 1. The minimum absolute atomic E-state index is 0.0589. The van der Waals surface area contributed by atoms with Crippen LogP contribution in [0.3, 0.4) is 0 Å². The lowest BCUT2D eigenvalue weighted by molar-refractivity contribution is 0.246. The zero-order valence-corrected chi connectivity index (χ0v) is 9.92. The zero-order chi connectivity index (χ0) is 11.8. The minimum Gasteiger partial charge on any atom is -0.394 e. The van der Waals surface area contributed by atoms with Gasteiger partial charge in [-0.2, -0.15) is 0 Å². The minimum atomic E-state index is -3.70. The highest BCUT2D eigenvalue weighted by atomic mass is 35.5. The van der Waals surface area contributed by atoms with Crippen LogP contribution >= 0.6 is 11.6 Å². The third-order valence-electron chi connectivity index (χ3n) is 2.52. The smallest absolute Gasteiger partial charge is 0.244 e. The molecule has 1 aromatic heterocycles. The maximum atomic E-state index is 11.9. The van der Waals surface area contributed by atoms with Gasteiger partial charge < -0.3 is 5.11 Å². The summed E-state index contributed by atoms with van der Waals surface area (Å²) >= 11 is 5.71. The predicted molar refractivity (Wildman–Crippen MR) is 58.6 cm³/mol. The fraction of sp³-hybridized carbons (Fsp3) is 0.444. The van der Waals surface area contributed by atoms with E-state index in [9.17, 15) is 8.42 Å². The van der Waals surface area contributed by atoms with Gasteiger partial charge in [-0.25, -0.2) is 18.1 Å². The Balaban J connectivity index is 2.30. The number of nitrogens with one attached hydrogen (secondary N) is 1. The van der Waals surface area contributed by atoms with E-state index in [0.717, 1.165) is 0 Å². The predicted octanol–water partition coefficient (Wildman–Crippen LogP) is 0.538. The Labute approximate surface area is 98.5 Å². The monoisotopic (exact) mass is 262 g/mol. The van der Waals surface area contributed by atoms with Gasteiger partial charge in [-0.3, -0.25) is 0 Å². The van der Waals surface area contributed by atoms with Gasteiger partial charge in [0.05, 0.1) is 12.1 Å².